The second-order valence-electron chi connectivity index (χ2n) is 4.73. The van der Waals surface area contributed by atoms with Crippen LogP contribution in [0.4, 0.5) is 0 Å². The second-order valence-corrected chi connectivity index (χ2v) is 5.08. The van der Waals surface area contributed by atoms with Crippen LogP contribution in [-0.2, 0) is 0 Å². The number of nitrogens with zero attached hydrogens (tertiary/aromatic N) is 2. The molecule has 0 saturated heterocycles. The maximum atomic E-state index is 6.28. The summed E-state index contributed by atoms with van der Waals surface area (Å²) in [5.74, 6) is 1.24. The van der Waals surface area contributed by atoms with Gasteiger partial charge in [-0.1, -0.05) is 55.8 Å². The molecule has 2 rings (SSSR count). The molecule has 0 aliphatic carbocycles. The highest BCUT2D eigenvalue weighted by atomic mass is 35.5. The van der Waals surface area contributed by atoms with Crippen LogP contribution in [-0.4, -0.2) is 9.97 Å². The van der Waals surface area contributed by atoms with E-state index in [1.54, 1.807) is 0 Å². The van der Waals surface area contributed by atoms with Gasteiger partial charge in [0.05, 0.1) is 5.69 Å². The molecule has 1 aromatic carbocycles. The third-order valence-corrected chi connectivity index (χ3v) is 3.87. The first-order chi connectivity index (χ1) is 9.17. The minimum absolute atomic E-state index is 0.376. The highest BCUT2D eigenvalue weighted by Crippen LogP contribution is 2.29. The lowest BCUT2D eigenvalue weighted by Crippen LogP contribution is -2.06. The average Bonchev–Trinajstić information content (AvgIpc) is 2.44. The van der Waals surface area contributed by atoms with Crippen molar-refractivity contribution in [3.63, 3.8) is 0 Å². The van der Waals surface area contributed by atoms with Gasteiger partial charge in [0.15, 0.2) is 0 Å². The SMILES string of the molecule is CCC(CC)c1nc(Cl)c(C)c(-c2ccccc2)n1. The Labute approximate surface area is 119 Å². The van der Waals surface area contributed by atoms with Crippen molar-refractivity contribution >= 4 is 11.6 Å². The number of benzene rings is 1. The van der Waals surface area contributed by atoms with Crippen LogP contribution in [0, 0.1) is 6.92 Å². The third kappa shape index (κ3) is 2.95. The average molecular weight is 275 g/mol. The van der Waals surface area contributed by atoms with Gasteiger partial charge in [-0.05, 0) is 19.8 Å². The molecule has 2 aromatic rings. The fraction of sp³-hybridized carbons (Fsp3) is 0.375. The van der Waals surface area contributed by atoms with Gasteiger partial charge >= 0.3 is 0 Å². The summed E-state index contributed by atoms with van der Waals surface area (Å²) in [5, 5.41) is 0.566. The van der Waals surface area contributed by atoms with Gasteiger partial charge in [0, 0.05) is 17.0 Å². The molecule has 1 heterocycles. The highest BCUT2D eigenvalue weighted by molar-refractivity contribution is 6.30. The summed E-state index contributed by atoms with van der Waals surface area (Å²) in [7, 11) is 0. The lowest BCUT2D eigenvalue weighted by molar-refractivity contribution is 0.602. The molecule has 0 radical (unpaired) electrons. The lowest BCUT2D eigenvalue weighted by atomic mass is 10.0. The molecule has 0 unspecified atom stereocenters. The summed E-state index contributed by atoms with van der Waals surface area (Å²) in [6.07, 6.45) is 2.06. The number of hydrogen-bond donors (Lipinski definition) is 0. The molecule has 2 nitrogen and oxygen atoms in total. The van der Waals surface area contributed by atoms with E-state index >= 15 is 0 Å². The summed E-state index contributed by atoms with van der Waals surface area (Å²) >= 11 is 6.28. The topological polar surface area (TPSA) is 25.8 Å². The van der Waals surface area contributed by atoms with Crippen LogP contribution in [0.25, 0.3) is 11.3 Å². The maximum Gasteiger partial charge on any atom is 0.136 e. The molecular formula is C16H19ClN2. The van der Waals surface area contributed by atoms with Crippen LogP contribution in [0.2, 0.25) is 5.15 Å². The van der Waals surface area contributed by atoms with Crippen molar-refractivity contribution in [3.8, 4) is 11.3 Å². The first-order valence-corrected chi connectivity index (χ1v) is 7.14. The van der Waals surface area contributed by atoms with E-state index in [1.165, 1.54) is 0 Å². The Morgan fingerprint density at radius 1 is 1.05 bits per heavy atom. The molecular weight excluding hydrogens is 256 g/mol. The van der Waals surface area contributed by atoms with Crippen LogP contribution in [0.5, 0.6) is 0 Å². The highest BCUT2D eigenvalue weighted by Gasteiger charge is 2.16. The van der Waals surface area contributed by atoms with Gasteiger partial charge < -0.3 is 0 Å². The fourth-order valence-corrected chi connectivity index (χ4v) is 2.40. The van der Waals surface area contributed by atoms with E-state index in [0.717, 1.165) is 35.5 Å². The maximum absolute atomic E-state index is 6.28. The first-order valence-electron chi connectivity index (χ1n) is 6.76. The second kappa shape index (κ2) is 6.16. The monoisotopic (exact) mass is 274 g/mol. The standard InChI is InChI=1S/C16H19ClN2/c1-4-12(5-2)16-18-14(11(3)15(17)19-16)13-9-7-6-8-10-13/h6-10,12H,4-5H2,1-3H3. The van der Waals surface area contributed by atoms with Crippen LogP contribution in [0.3, 0.4) is 0 Å². The third-order valence-electron chi connectivity index (χ3n) is 3.50. The predicted octanol–water partition coefficient (Wildman–Crippen LogP) is 5.01. The van der Waals surface area contributed by atoms with E-state index in [0.29, 0.717) is 11.1 Å². The molecule has 1 aromatic heterocycles. The van der Waals surface area contributed by atoms with E-state index in [2.05, 4.69) is 31.0 Å². The predicted molar refractivity (Wildman–Crippen MR) is 80.5 cm³/mol. The number of halogens is 1. The van der Waals surface area contributed by atoms with E-state index < -0.39 is 0 Å². The minimum atomic E-state index is 0.376. The van der Waals surface area contributed by atoms with Crippen molar-refractivity contribution in [3.05, 3.63) is 46.9 Å². The van der Waals surface area contributed by atoms with Crippen LogP contribution >= 0.6 is 11.6 Å². The fourth-order valence-electron chi connectivity index (χ4n) is 2.22. The van der Waals surface area contributed by atoms with Crippen molar-refractivity contribution in [2.45, 2.75) is 39.5 Å². The van der Waals surface area contributed by atoms with E-state index in [4.69, 9.17) is 16.6 Å². The molecule has 19 heavy (non-hydrogen) atoms. The molecule has 0 amide bonds. The number of aromatic nitrogens is 2. The zero-order valence-corrected chi connectivity index (χ0v) is 12.4. The van der Waals surface area contributed by atoms with Gasteiger partial charge in [-0.3, -0.25) is 0 Å². The van der Waals surface area contributed by atoms with Gasteiger partial charge in [-0.2, -0.15) is 0 Å². The summed E-state index contributed by atoms with van der Waals surface area (Å²) in [5.41, 5.74) is 2.99. The Kier molecular flexibility index (Phi) is 4.54. The first kappa shape index (κ1) is 14.0. The van der Waals surface area contributed by atoms with Gasteiger partial charge in [-0.15, -0.1) is 0 Å². The van der Waals surface area contributed by atoms with E-state index in [1.807, 2.05) is 25.1 Å². The largest absolute Gasteiger partial charge is 0.232 e. The van der Waals surface area contributed by atoms with Crippen LogP contribution in [0.1, 0.15) is 44.0 Å². The lowest BCUT2D eigenvalue weighted by Gasteiger charge is -2.14. The molecule has 0 atom stereocenters. The summed E-state index contributed by atoms with van der Waals surface area (Å²) in [4.78, 5) is 9.21. The van der Waals surface area contributed by atoms with Gasteiger partial charge in [-0.25, -0.2) is 9.97 Å². The number of hydrogen-bond acceptors (Lipinski definition) is 2. The zero-order chi connectivity index (χ0) is 13.8. The molecule has 0 aliphatic heterocycles. The van der Waals surface area contributed by atoms with Crippen molar-refractivity contribution in [1.29, 1.82) is 0 Å². The molecule has 0 fully saturated rings. The Morgan fingerprint density at radius 2 is 1.68 bits per heavy atom. The zero-order valence-electron chi connectivity index (χ0n) is 11.7. The summed E-state index contributed by atoms with van der Waals surface area (Å²) in [6.45, 7) is 6.29. The molecule has 0 saturated carbocycles. The molecule has 3 heteroatoms. The van der Waals surface area contributed by atoms with Gasteiger partial charge in [0.25, 0.3) is 0 Å². The smallest absolute Gasteiger partial charge is 0.136 e. The minimum Gasteiger partial charge on any atom is -0.232 e. The van der Waals surface area contributed by atoms with Crippen molar-refractivity contribution in [2.75, 3.05) is 0 Å². The Morgan fingerprint density at radius 3 is 2.26 bits per heavy atom. The normalized spacial score (nSPS) is 11.0. The molecule has 0 bridgehead atoms. The Bertz CT molecular complexity index is 548. The van der Waals surface area contributed by atoms with E-state index in [9.17, 15) is 0 Å². The van der Waals surface area contributed by atoms with Gasteiger partial charge in [0.1, 0.15) is 11.0 Å². The van der Waals surface area contributed by atoms with Crippen LogP contribution < -0.4 is 0 Å². The molecule has 0 N–H and O–H groups in total. The molecule has 0 aliphatic rings. The Balaban J connectivity index is 2.55. The quantitative estimate of drug-likeness (QED) is 0.733. The number of rotatable bonds is 4. The van der Waals surface area contributed by atoms with Crippen molar-refractivity contribution in [1.82, 2.24) is 9.97 Å². The summed E-state index contributed by atoms with van der Waals surface area (Å²) < 4.78 is 0. The van der Waals surface area contributed by atoms with Gasteiger partial charge in [0.2, 0.25) is 0 Å². The van der Waals surface area contributed by atoms with Crippen molar-refractivity contribution in [2.24, 2.45) is 0 Å². The summed E-state index contributed by atoms with van der Waals surface area (Å²) in [6, 6.07) is 10.2. The van der Waals surface area contributed by atoms with Crippen molar-refractivity contribution < 1.29 is 0 Å². The molecule has 0 spiro atoms. The van der Waals surface area contributed by atoms with E-state index in [-0.39, 0.29) is 0 Å². The van der Waals surface area contributed by atoms with Crippen LogP contribution in [0.15, 0.2) is 30.3 Å². The molecule has 100 valence electrons. The Hall–Kier alpha value is -1.41.